The average molecular weight is 197 g/mol. The Kier molecular flexibility index (Phi) is 2.02. The van der Waals surface area contributed by atoms with E-state index in [-0.39, 0.29) is 0 Å². The van der Waals surface area contributed by atoms with Crippen molar-refractivity contribution in [2.24, 2.45) is 0 Å². The molecule has 0 aliphatic heterocycles. The third kappa shape index (κ3) is 1.32. The Bertz CT molecular complexity index is 410. The van der Waals surface area contributed by atoms with Crippen molar-refractivity contribution < 1.29 is 4.42 Å². The molecule has 62 valence electrons. The van der Waals surface area contributed by atoms with E-state index in [4.69, 9.17) is 4.42 Å². The van der Waals surface area contributed by atoms with E-state index in [1.807, 2.05) is 25.1 Å². The monoisotopic (exact) mass is 197 g/mol. The Labute approximate surface area is 79.2 Å². The Balaban J connectivity index is 2.66. The van der Waals surface area contributed by atoms with Gasteiger partial charge in [-0.3, -0.25) is 0 Å². The van der Waals surface area contributed by atoms with Gasteiger partial charge in [-0.05, 0) is 18.2 Å². The van der Waals surface area contributed by atoms with Crippen molar-refractivity contribution in [3.05, 3.63) is 24.1 Å². The minimum atomic E-state index is 0.700. The lowest BCUT2D eigenvalue weighted by Crippen LogP contribution is -1.69. The third-order valence-corrected chi connectivity index (χ3v) is 2.67. The molecule has 0 bridgehead atoms. The number of hydrogen-bond acceptors (Lipinski definition) is 4. The molecule has 4 heteroatoms. The minimum Gasteiger partial charge on any atom is -0.441 e. The van der Waals surface area contributed by atoms with Gasteiger partial charge in [-0.2, -0.15) is 0 Å². The highest BCUT2D eigenvalue weighted by atomic mass is 33.1. The van der Waals surface area contributed by atoms with Gasteiger partial charge in [0.2, 0.25) is 0 Å². The molecular formula is C8H7NOS2. The third-order valence-electron chi connectivity index (χ3n) is 1.57. The van der Waals surface area contributed by atoms with Crippen molar-refractivity contribution >= 4 is 33.6 Å². The number of rotatable bonds is 1. The van der Waals surface area contributed by atoms with Crippen molar-refractivity contribution in [1.82, 2.24) is 4.98 Å². The fourth-order valence-electron chi connectivity index (χ4n) is 1.08. The second-order valence-electron chi connectivity index (χ2n) is 2.45. The van der Waals surface area contributed by atoms with Crippen LogP contribution in [0.4, 0.5) is 0 Å². The normalized spacial score (nSPS) is 10.8. The molecule has 0 spiro atoms. The van der Waals surface area contributed by atoms with Crippen LogP contribution in [0.3, 0.4) is 0 Å². The maximum absolute atomic E-state index is 5.32. The fourth-order valence-corrected chi connectivity index (χ4v) is 1.71. The van der Waals surface area contributed by atoms with E-state index in [1.54, 1.807) is 0 Å². The number of nitrogens with zero attached hydrogens (tertiary/aromatic N) is 1. The number of aromatic nitrogens is 1. The Morgan fingerprint density at radius 3 is 3.08 bits per heavy atom. The molecule has 0 unspecified atom stereocenters. The highest BCUT2D eigenvalue weighted by molar-refractivity contribution is 8.68. The van der Waals surface area contributed by atoms with Crippen molar-refractivity contribution in [1.29, 1.82) is 0 Å². The molecule has 0 radical (unpaired) electrons. The predicted octanol–water partition coefficient (Wildman–Crippen LogP) is 3.07. The topological polar surface area (TPSA) is 26.0 Å². The van der Waals surface area contributed by atoms with Crippen molar-refractivity contribution in [2.75, 3.05) is 0 Å². The van der Waals surface area contributed by atoms with E-state index in [0.717, 1.165) is 16.0 Å². The van der Waals surface area contributed by atoms with E-state index < -0.39 is 0 Å². The van der Waals surface area contributed by atoms with Gasteiger partial charge in [0.25, 0.3) is 0 Å². The summed E-state index contributed by atoms with van der Waals surface area (Å²) in [4.78, 5) is 5.29. The van der Waals surface area contributed by atoms with Crippen LogP contribution in [0.5, 0.6) is 0 Å². The van der Waals surface area contributed by atoms with Gasteiger partial charge >= 0.3 is 0 Å². The minimum absolute atomic E-state index is 0.700. The average Bonchev–Trinajstić information content (AvgIpc) is 2.43. The first-order valence-electron chi connectivity index (χ1n) is 3.48. The Hall–Kier alpha value is -0.610. The van der Waals surface area contributed by atoms with E-state index in [1.165, 1.54) is 10.8 Å². The summed E-state index contributed by atoms with van der Waals surface area (Å²) in [5, 5.41) is 0. The van der Waals surface area contributed by atoms with E-state index in [0.29, 0.717) is 5.89 Å². The van der Waals surface area contributed by atoms with Crippen LogP contribution in [0.15, 0.2) is 27.5 Å². The largest absolute Gasteiger partial charge is 0.441 e. The summed E-state index contributed by atoms with van der Waals surface area (Å²) in [5.74, 6) is 0.700. The molecule has 12 heavy (non-hydrogen) atoms. The summed E-state index contributed by atoms with van der Waals surface area (Å²) < 4.78 is 5.32. The molecule has 1 aromatic heterocycles. The zero-order valence-corrected chi connectivity index (χ0v) is 8.15. The zero-order valence-electron chi connectivity index (χ0n) is 6.44. The highest BCUT2D eigenvalue weighted by Gasteiger charge is 2.01. The quantitative estimate of drug-likeness (QED) is 0.562. The van der Waals surface area contributed by atoms with Crippen LogP contribution < -0.4 is 0 Å². The first kappa shape index (κ1) is 8.01. The van der Waals surface area contributed by atoms with Gasteiger partial charge < -0.3 is 4.42 Å². The van der Waals surface area contributed by atoms with Gasteiger partial charge in [0.15, 0.2) is 11.5 Å². The summed E-state index contributed by atoms with van der Waals surface area (Å²) in [5.41, 5.74) is 1.73. The summed E-state index contributed by atoms with van der Waals surface area (Å²) in [6, 6.07) is 5.84. The van der Waals surface area contributed by atoms with Gasteiger partial charge in [0.1, 0.15) is 5.52 Å². The molecule has 0 saturated carbocycles. The Morgan fingerprint density at radius 1 is 1.50 bits per heavy atom. The fraction of sp³-hybridized carbons (Fsp3) is 0.125. The van der Waals surface area contributed by atoms with E-state index >= 15 is 0 Å². The lowest BCUT2D eigenvalue weighted by atomic mass is 10.3. The summed E-state index contributed by atoms with van der Waals surface area (Å²) >= 11 is 4.10. The molecule has 0 atom stereocenters. The number of benzene rings is 1. The van der Waals surface area contributed by atoms with Crippen LogP contribution in [0.25, 0.3) is 11.1 Å². The number of oxazole rings is 1. The molecule has 0 aliphatic carbocycles. The lowest BCUT2D eigenvalue weighted by Gasteiger charge is -1.91. The number of thiol groups is 1. The molecule has 2 aromatic rings. The lowest BCUT2D eigenvalue weighted by molar-refractivity contribution is 0.561. The van der Waals surface area contributed by atoms with E-state index in [9.17, 15) is 0 Å². The maximum atomic E-state index is 5.32. The smallest absolute Gasteiger partial charge is 0.192 e. The summed E-state index contributed by atoms with van der Waals surface area (Å²) in [6.07, 6.45) is 0. The first-order valence-corrected chi connectivity index (χ1v) is 5.35. The number of hydrogen-bond donors (Lipinski definition) is 1. The van der Waals surface area contributed by atoms with Gasteiger partial charge in [-0.1, -0.05) is 10.8 Å². The number of fused-ring (bicyclic) bond motifs is 1. The second-order valence-corrected chi connectivity index (χ2v) is 3.66. The van der Waals surface area contributed by atoms with Crippen LogP contribution in [0.1, 0.15) is 5.89 Å². The number of aryl methyl sites for hydroxylation is 1. The van der Waals surface area contributed by atoms with Crippen LogP contribution >= 0.6 is 22.5 Å². The van der Waals surface area contributed by atoms with Crippen LogP contribution in [-0.4, -0.2) is 4.98 Å². The zero-order chi connectivity index (χ0) is 8.55. The maximum Gasteiger partial charge on any atom is 0.192 e. The molecule has 0 saturated heterocycles. The molecule has 0 aliphatic rings. The highest BCUT2D eigenvalue weighted by Crippen LogP contribution is 2.25. The molecule has 0 fully saturated rings. The Morgan fingerprint density at radius 2 is 2.33 bits per heavy atom. The van der Waals surface area contributed by atoms with Crippen LogP contribution in [0.2, 0.25) is 0 Å². The van der Waals surface area contributed by atoms with Crippen LogP contribution in [0, 0.1) is 6.92 Å². The van der Waals surface area contributed by atoms with Gasteiger partial charge in [0.05, 0.1) is 0 Å². The molecule has 0 amide bonds. The molecule has 2 rings (SSSR count). The first-order chi connectivity index (χ1) is 5.79. The SMILES string of the molecule is Cc1nc2cc(SS)ccc2o1. The molecule has 0 N–H and O–H groups in total. The van der Waals surface area contributed by atoms with Gasteiger partial charge in [-0.25, -0.2) is 4.98 Å². The summed E-state index contributed by atoms with van der Waals surface area (Å²) in [7, 11) is 1.41. The summed E-state index contributed by atoms with van der Waals surface area (Å²) in [6.45, 7) is 1.84. The second kappa shape index (κ2) is 3.03. The van der Waals surface area contributed by atoms with Gasteiger partial charge in [-0.15, -0.1) is 11.7 Å². The molecule has 1 aromatic carbocycles. The van der Waals surface area contributed by atoms with E-state index in [2.05, 4.69) is 16.6 Å². The van der Waals surface area contributed by atoms with Crippen molar-refractivity contribution in [2.45, 2.75) is 11.8 Å². The van der Waals surface area contributed by atoms with Crippen LogP contribution in [-0.2, 0) is 0 Å². The molecule has 2 nitrogen and oxygen atoms in total. The molecular weight excluding hydrogens is 190 g/mol. The van der Waals surface area contributed by atoms with Gasteiger partial charge in [0, 0.05) is 11.8 Å². The van der Waals surface area contributed by atoms with Crippen molar-refractivity contribution in [3.8, 4) is 0 Å². The predicted molar refractivity (Wildman–Crippen MR) is 53.6 cm³/mol. The standard InChI is InChI=1S/C8H7NOS2/c1-5-9-7-4-6(12-11)2-3-8(7)10-5/h2-4,11H,1H3. The van der Waals surface area contributed by atoms with Crippen molar-refractivity contribution in [3.63, 3.8) is 0 Å². The molecule has 1 heterocycles.